The van der Waals surface area contributed by atoms with Crippen LogP contribution in [0.2, 0.25) is 0 Å². The number of methoxy groups -OCH3 is 1. The number of fused-ring (bicyclic) bond motifs is 2. The summed E-state index contributed by atoms with van der Waals surface area (Å²) in [6.45, 7) is 1.55. The Morgan fingerprint density at radius 1 is 1.06 bits per heavy atom. The van der Waals surface area contributed by atoms with Crippen LogP contribution in [0.4, 0.5) is 5.69 Å². The summed E-state index contributed by atoms with van der Waals surface area (Å²) in [7, 11) is 1.54. The first-order chi connectivity index (χ1) is 15.1. The Bertz CT molecular complexity index is 1140. The second kappa shape index (κ2) is 9.16. The normalized spacial score (nSPS) is 13.2. The van der Waals surface area contributed by atoms with E-state index in [1.165, 1.54) is 0 Å². The van der Waals surface area contributed by atoms with Gasteiger partial charge in [-0.1, -0.05) is 30.7 Å². The molecule has 0 radical (unpaired) electrons. The molecule has 6 heteroatoms. The van der Waals surface area contributed by atoms with Crippen LogP contribution in [0.3, 0.4) is 0 Å². The van der Waals surface area contributed by atoms with Crippen LogP contribution < -0.4 is 10.1 Å². The fraction of sp³-hybridized carbons (Fsp3) is 0.320. The third-order valence-electron chi connectivity index (χ3n) is 5.59. The molecule has 1 aromatic heterocycles. The van der Waals surface area contributed by atoms with Crippen molar-refractivity contribution in [3.8, 4) is 5.75 Å². The van der Waals surface area contributed by atoms with Crippen molar-refractivity contribution in [3.63, 3.8) is 0 Å². The topological polar surface area (TPSA) is 77.5 Å². The van der Waals surface area contributed by atoms with Gasteiger partial charge >= 0.3 is 5.97 Å². The van der Waals surface area contributed by atoms with E-state index in [-0.39, 0.29) is 6.61 Å². The van der Waals surface area contributed by atoms with Gasteiger partial charge in [-0.25, -0.2) is 4.79 Å². The van der Waals surface area contributed by atoms with Gasteiger partial charge in [0.25, 0.3) is 5.91 Å². The number of benzene rings is 2. The van der Waals surface area contributed by atoms with Gasteiger partial charge < -0.3 is 14.8 Å². The van der Waals surface area contributed by atoms with Gasteiger partial charge in [-0.3, -0.25) is 9.78 Å². The molecular formula is C25H26N2O4. The van der Waals surface area contributed by atoms with Gasteiger partial charge in [0, 0.05) is 11.1 Å². The predicted molar refractivity (Wildman–Crippen MR) is 120 cm³/mol. The van der Waals surface area contributed by atoms with E-state index in [9.17, 15) is 9.59 Å². The third kappa shape index (κ3) is 4.53. The fourth-order valence-electron chi connectivity index (χ4n) is 4.09. The molecule has 1 heterocycles. The standard InChI is InChI=1S/C25H26N2O4/c1-16-12-13-22(30-2)21(14-16)27-23(28)15-31-25(29)24-17-8-4-3-5-10-19(17)26-20-11-7-6-9-18(20)24/h6-7,9,11-14H,3-5,8,10,15H2,1-2H3,(H,27,28). The fourth-order valence-corrected chi connectivity index (χ4v) is 4.09. The Morgan fingerprint density at radius 3 is 2.71 bits per heavy atom. The molecule has 1 N–H and O–H groups in total. The highest BCUT2D eigenvalue weighted by Gasteiger charge is 2.23. The average molecular weight is 418 g/mol. The summed E-state index contributed by atoms with van der Waals surface area (Å²) in [5.41, 5.74) is 4.79. The Balaban J connectivity index is 1.56. The number of nitrogens with zero attached hydrogens (tertiary/aromatic N) is 1. The molecule has 1 aliphatic carbocycles. The SMILES string of the molecule is COc1ccc(C)cc1NC(=O)COC(=O)c1c2c(nc3ccccc13)CCCCC2. The maximum atomic E-state index is 13.1. The largest absolute Gasteiger partial charge is 0.495 e. The molecule has 3 aromatic rings. The van der Waals surface area contributed by atoms with E-state index < -0.39 is 11.9 Å². The van der Waals surface area contributed by atoms with Crippen molar-refractivity contribution in [2.24, 2.45) is 0 Å². The maximum absolute atomic E-state index is 13.1. The number of carbonyl (C=O) groups excluding carboxylic acids is 2. The summed E-state index contributed by atoms with van der Waals surface area (Å²) >= 11 is 0. The first kappa shape index (κ1) is 20.8. The first-order valence-electron chi connectivity index (χ1n) is 10.6. The van der Waals surface area contributed by atoms with Crippen LogP contribution in [0.1, 0.15) is 46.4 Å². The number of pyridine rings is 1. The molecule has 0 atom stereocenters. The minimum Gasteiger partial charge on any atom is -0.495 e. The second-order valence-electron chi connectivity index (χ2n) is 7.82. The zero-order valence-corrected chi connectivity index (χ0v) is 17.9. The molecule has 31 heavy (non-hydrogen) atoms. The van der Waals surface area contributed by atoms with Crippen LogP contribution in [-0.2, 0) is 22.4 Å². The lowest BCUT2D eigenvalue weighted by atomic mass is 9.97. The number of esters is 1. The van der Waals surface area contributed by atoms with Crippen molar-refractivity contribution >= 4 is 28.5 Å². The number of rotatable bonds is 5. The first-order valence-corrected chi connectivity index (χ1v) is 10.6. The van der Waals surface area contributed by atoms with Crippen LogP contribution in [0.15, 0.2) is 42.5 Å². The number of anilines is 1. The van der Waals surface area contributed by atoms with Crippen LogP contribution in [0.25, 0.3) is 10.9 Å². The highest BCUT2D eigenvalue weighted by molar-refractivity contribution is 6.06. The number of aryl methyl sites for hydroxylation is 2. The van der Waals surface area contributed by atoms with E-state index in [1.807, 2.05) is 43.3 Å². The minimum atomic E-state index is -0.483. The monoisotopic (exact) mass is 418 g/mol. The van der Waals surface area contributed by atoms with Crippen molar-refractivity contribution in [1.82, 2.24) is 4.98 Å². The minimum absolute atomic E-state index is 0.374. The van der Waals surface area contributed by atoms with Gasteiger partial charge in [0.1, 0.15) is 5.75 Å². The highest BCUT2D eigenvalue weighted by Crippen LogP contribution is 2.29. The third-order valence-corrected chi connectivity index (χ3v) is 5.59. The number of para-hydroxylation sites is 1. The Hall–Kier alpha value is -3.41. The van der Waals surface area contributed by atoms with E-state index in [4.69, 9.17) is 14.5 Å². The number of ether oxygens (including phenoxy) is 2. The summed E-state index contributed by atoms with van der Waals surface area (Å²) in [4.78, 5) is 30.4. The lowest BCUT2D eigenvalue weighted by molar-refractivity contribution is -0.119. The maximum Gasteiger partial charge on any atom is 0.339 e. The molecule has 0 spiro atoms. The molecule has 0 saturated carbocycles. The summed E-state index contributed by atoms with van der Waals surface area (Å²) in [5.74, 6) is -0.347. The van der Waals surface area contributed by atoms with Crippen LogP contribution in [-0.4, -0.2) is 30.6 Å². The van der Waals surface area contributed by atoms with Crippen molar-refractivity contribution in [2.45, 2.75) is 39.0 Å². The predicted octanol–water partition coefficient (Wildman–Crippen LogP) is 4.62. The Kier molecular flexibility index (Phi) is 6.16. The van der Waals surface area contributed by atoms with Gasteiger partial charge in [-0.05, 0) is 61.9 Å². The van der Waals surface area contributed by atoms with E-state index in [0.29, 0.717) is 17.0 Å². The molecule has 160 valence electrons. The molecule has 1 aliphatic rings. The van der Waals surface area contributed by atoms with Gasteiger partial charge in [-0.15, -0.1) is 0 Å². The van der Waals surface area contributed by atoms with Crippen molar-refractivity contribution in [3.05, 3.63) is 64.8 Å². The van der Waals surface area contributed by atoms with Crippen molar-refractivity contribution in [2.75, 3.05) is 19.0 Å². The van der Waals surface area contributed by atoms with Crippen LogP contribution >= 0.6 is 0 Å². The van der Waals surface area contributed by atoms with Gasteiger partial charge in [0.05, 0.1) is 23.9 Å². The summed E-state index contributed by atoms with van der Waals surface area (Å²) < 4.78 is 10.8. The molecule has 4 rings (SSSR count). The lowest BCUT2D eigenvalue weighted by Gasteiger charge is -2.15. The summed E-state index contributed by atoms with van der Waals surface area (Å²) in [5, 5.41) is 3.54. The molecule has 0 aliphatic heterocycles. The van der Waals surface area contributed by atoms with Crippen LogP contribution in [0, 0.1) is 6.92 Å². The molecular weight excluding hydrogens is 392 g/mol. The molecule has 6 nitrogen and oxygen atoms in total. The smallest absolute Gasteiger partial charge is 0.339 e. The zero-order chi connectivity index (χ0) is 21.8. The van der Waals surface area contributed by atoms with Crippen molar-refractivity contribution in [1.29, 1.82) is 0 Å². The van der Waals surface area contributed by atoms with E-state index in [2.05, 4.69) is 5.32 Å². The lowest BCUT2D eigenvalue weighted by Crippen LogP contribution is -2.22. The highest BCUT2D eigenvalue weighted by atomic mass is 16.5. The van der Waals surface area contributed by atoms with Gasteiger partial charge in [0.2, 0.25) is 0 Å². The molecule has 0 bridgehead atoms. The molecule has 0 unspecified atom stereocenters. The number of amides is 1. The van der Waals surface area contributed by atoms with Gasteiger partial charge in [-0.2, -0.15) is 0 Å². The second-order valence-corrected chi connectivity index (χ2v) is 7.82. The molecule has 0 saturated heterocycles. The van der Waals surface area contributed by atoms with Crippen LogP contribution in [0.5, 0.6) is 5.75 Å². The molecule has 0 fully saturated rings. The van der Waals surface area contributed by atoms with E-state index >= 15 is 0 Å². The van der Waals surface area contributed by atoms with E-state index in [1.54, 1.807) is 13.2 Å². The average Bonchev–Trinajstić information content (AvgIpc) is 3.01. The molecule has 1 amide bonds. The summed E-state index contributed by atoms with van der Waals surface area (Å²) in [6, 6.07) is 13.1. The van der Waals surface area contributed by atoms with Gasteiger partial charge in [0.15, 0.2) is 6.61 Å². The van der Waals surface area contributed by atoms with E-state index in [0.717, 1.165) is 59.8 Å². The Morgan fingerprint density at radius 2 is 1.87 bits per heavy atom. The number of hydrogen-bond donors (Lipinski definition) is 1. The molecule has 2 aromatic carbocycles. The summed E-state index contributed by atoms with van der Waals surface area (Å²) in [6.07, 6.45) is 4.84. The number of aromatic nitrogens is 1. The number of nitrogens with one attached hydrogen (secondary N) is 1. The number of carbonyl (C=O) groups is 2. The Labute approximate surface area is 181 Å². The zero-order valence-electron chi connectivity index (χ0n) is 17.9. The number of hydrogen-bond acceptors (Lipinski definition) is 5. The van der Waals surface area contributed by atoms with Crippen molar-refractivity contribution < 1.29 is 19.1 Å². The quantitative estimate of drug-likeness (QED) is 0.483.